The Balaban J connectivity index is 1.93. The van der Waals surface area contributed by atoms with Gasteiger partial charge in [-0.25, -0.2) is 0 Å². The van der Waals surface area contributed by atoms with E-state index in [-0.39, 0.29) is 12.0 Å². The molecule has 2 rings (SSSR count). The summed E-state index contributed by atoms with van der Waals surface area (Å²) in [4.78, 5) is 14.2. The Morgan fingerprint density at radius 3 is 3.00 bits per heavy atom. The van der Waals surface area contributed by atoms with Gasteiger partial charge in [0.2, 0.25) is 0 Å². The largest absolute Gasteiger partial charge is 0.465 e. The minimum Gasteiger partial charge on any atom is -0.465 e. The third-order valence-corrected chi connectivity index (χ3v) is 3.59. The molecule has 0 bridgehead atoms. The van der Waals surface area contributed by atoms with E-state index in [1.165, 1.54) is 12.8 Å². The smallest absolute Gasteiger partial charge is 0.323 e. The highest BCUT2D eigenvalue weighted by molar-refractivity contribution is 5.76. The highest BCUT2D eigenvalue weighted by Crippen LogP contribution is 2.24. The lowest BCUT2D eigenvalue weighted by Gasteiger charge is -2.34. The molecule has 1 N–H and O–H groups in total. The first-order valence-corrected chi connectivity index (χ1v) is 6.46. The molecule has 2 heterocycles. The summed E-state index contributed by atoms with van der Waals surface area (Å²) in [5.41, 5.74) is 0. The van der Waals surface area contributed by atoms with Crippen molar-refractivity contribution in [3.63, 3.8) is 0 Å². The van der Waals surface area contributed by atoms with Crippen LogP contribution < -0.4 is 5.32 Å². The average Bonchev–Trinajstić information content (AvgIpc) is 2.79. The van der Waals surface area contributed by atoms with E-state index >= 15 is 0 Å². The lowest BCUT2D eigenvalue weighted by atomic mass is 10.0. The monoisotopic (exact) mass is 226 g/mol. The first-order chi connectivity index (χ1) is 7.83. The second-order valence-electron chi connectivity index (χ2n) is 4.65. The summed E-state index contributed by atoms with van der Waals surface area (Å²) in [5.74, 6) is -0.0226. The topological polar surface area (TPSA) is 41.6 Å². The zero-order valence-electron chi connectivity index (χ0n) is 10.1. The fourth-order valence-electron chi connectivity index (χ4n) is 2.83. The molecule has 0 radical (unpaired) electrons. The maximum atomic E-state index is 11.8. The summed E-state index contributed by atoms with van der Waals surface area (Å²) in [6.45, 7) is 5.56. The van der Waals surface area contributed by atoms with Gasteiger partial charge in [0.05, 0.1) is 6.61 Å². The second-order valence-corrected chi connectivity index (χ2v) is 4.65. The lowest BCUT2D eigenvalue weighted by molar-refractivity contribution is -0.149. The number of hydrogen-bond donors (Lipinski definition) is 1. The van der Waals surface area contributed by atoms with E-state index in [0.717, 1.165) is 32.5 Å². The van der Waals surface area contributed by atoms with Crippen LogP contribution in [-0.4, -0.2) is 49.2 Å². The number of ether oxygens (including phenoxy) is 1. The lowest BCUT2D eigenvalue weighted by Crippen LogP contribution is -2.50. The van der Waals surface area contributed by atoms with Gasteiger partial charge in [0.1, 0.15) is 6.04 Å². The fraction of sp³-hybridized carbons (Fsp3) is 0.917. The highest BCUT2D eigenvalue weighted by atomic mass is 16.5. The minimum atomic E-state index is -0.0226. The quantitative estimate of drug-likeness (QED) is 0.722. The van der Waals surface area contributed by atoms with Crippen LogP contribution in [-0.2, 0) is 9.53 Å². The Kier molecular flexibility index (Phi) is 4.18. The van der Waals surface area contributed by atoms with Crippen LogP contribution in [0.2, 0.25) is 0 Å². The number of carbonyl (C=O) groups excluding carboxylic acids is 1. The molecule has 0 aromatic heterocycles. The molecule has 4 heteroatoms. The van der Waals surface area contributed by atoms with Crippen molar-refractivity contribution in [1.29, 1.82) is 0 Å². The van der Waals surface area contributed by atoms with Gasteiger partial charge in [0.15, 0.2) is 0 Å². The highest BCUT2D eigenvalue weighted by Gasteiger charge is 2.36. The summed E-state index contributed by atoms with van der Waals surface area (Å²) in [6.07, 6.45) is 4.52. The molecule has 0 amide bonds. The van der Waals surface area contributed by atoms with Crippen molar-refractivity contribution < 1.29 is 9.53 Å². The molecule has 16 heavy (non-hydrogen) atoms. The van der Waals surface area contributed by atoms with E-state index in [2.05, 4.69) is 10.2 Å². The third kappa shape index (κ3) is 2.55. The number of rotatable bonds is 3. The van der Waals surface area contributed by atoms with Crippen molar-refractivity contribution in [3.8, 4) is 0 Å². The van der Waals surface area contributed by atoms with E-state index in [4.69, 9.17) is 4.74 Å². The number of piperidine rings is 1. The summed E-state index contributed by atoms with van der Waals surface area (Å²) in [7, 11) is 0. The van der Waals surface area contributed by atoms with Crippen LogP contribution in [0.1, 0.15) is 32.6 Å². The van der Waals surface area contributed by atoms with Crippen molar-refractivity contribution in [2.75, 3.05) is 26.2 Å². The van der Waals surface area contributed by atoms with Crippen molar-refractivity contribution in [1.82, 2.24) is 10.2 Å². The van der Waals surface area contributed by atoms with Gasteiger partial charge in [0, 0.05) is 12.6 Å². The molecular weight excluding hydrogens is 204 g/mol. The van der Waals surface area contributed by atoms with Crippen LogP contribution in [0.3, 0.4) is 0 Å². The van der Waals surface area contributed by atoms with Crippen LogP contribution in [0.4, 0.5) is 0 Å². The van der Waals surface area contributed by atoms with Gasteiger partial charge >= 0.3 is 5.97 Å². The van der Waals surface area contributed by atoms with E-state index < -0.39 is 0 Å². The average molecular weight is 226 g/mol. The van der Waals surface area contributed by atoms with Crippen LogP contribution in [0.25, 0.3) is 0 Å². The van der Waals surface area contributed by atoms with Crippen molar-refractivity contribution in [2.45, 2.75) is 44.7 Å². The Morgan fingerprint density at radius 1 is 1.44 bits per heavy atom. The zero-order valence-corrected chi connectivity index (χ0v) is 10.1. The normalized spacial score (nSPS) is 31.6. The Hall–Kier alpha value is -0.610. The maximum Gasteiger partial charge on any atom is 0.323 e. The number of nitrogens with one attached hydrogen (secondary N) is 1. The molecule has 0 saturated carbocycles. The Bertz CT molecular complexity index is 239. The van der Waals surface area contributed by atoms with Crippen molar-refractivity contribution >= 4 is 5.97 Å². The third-order valence-electron chi connectivity index (χ3n) is 3.59. The molecule has 0 aliphatic carbocycles. The van der Waals surface area contributed by atoms with Crippen molar-refractivity contribution in [3.05, 3.63) is 0 Å². The Morgan fingerprint density at radius 2 is 2.31 bits per heavy atom. The molecule has 2 atom stereocenters. The second kappa shape index (κ2) is 5.64. The number of hydrogen-bond acceptors (Lipinski definition) is 4. The van der Waals surface area contributed by atoms with E-state index in [1.807, 2.05) is 6.92 Å². The molecule has 0 aromatic carbocycles. The molecule has 2 fully saturated rings. The number of esters is 1. The minimum absolute atomic E-state index is 0.0184. The molecule has 2 aliphatic rings. The van der Waals surface area contributed by atoms with E-state index in [9.17, 15) is 4.79 Å². The molecule has 92 valence electrons. The maximum absolute atomic E-state index is 11.8. The standard InChI is InChI=1S/C12H22N2O2/c1-2-16-12(15)11-6-4-8-14(11)10-5-3-7-13-9-10/h10-11,13H,2-9H2,1H3. The fourth-order valence-corrected chi connectivity index (χ4v) is 2.83. The van der Waals surface area contributed by atoms with E-state index in [0.29, 0.717) is 12.6 Å². The summed E-state index contributed by atoms with van der Waals surface area (Å²) < 4.78 is 5.15. The molecule has 4 nitrogen and oxygen atoms in total. The van der Waals surface area contributed by atoms with Gasteiger partial charge in [-0.15, -0.1) is 0 Å². The predicted octanol–water partition coefficient (Wildman–Crippen LogP) is 0.766. The molecule has 2 aliphatic heterocycles. The molecule has 0 spiro atoms. The predicted molar refractivity (Wildman–Crippen MR) is 62.3 cm³/mol. The summed E-state index contributed by atoms with van der Waals surface area (Å²) >= 11 is 0. The molecule has 2 saturated heterocycles. The van der Waals surface area contributed by atoms with Gasteiger partial charge in [-0.3, -0.25) is 9.69 Å². The van der Waals surface area contributed by atoms with Gasteiger partial charge in [0.25, 0.3) is 0 Å². The van der Waals surface area contributed by atoms with Gasteiger partial charge in [-0.1, -0.05) is 0 Å². The van der Waals surface area contributed by atoms with E-state index in [1.54, 1.807) is 0 Å². The van der Waals surface area contributed by atoms with Gasteiger partial charge < -0.3 is 10.1 Å². The number of likely N-dealkylation sites (tertiary alicyclic amines) is 1. The van der Waals surface area contributed by atoms with Crippen LogP contribution in [0.15, 0.2) is 0 Å². The Labute approximate surface area is 97.3 Å². The summed E-state index contributed by atoms with van der Waals surface area (Å²) in [5, 5.41) is 3.41. The summed E-state index contributed by atoms with van der Waals surface area (Å²) in [6, 6.07) is 0.551. The molecule has 0 aromatic rings. The number of nitrogens with zero attached hydrogens (tertiary/aromatic N) is 1. The first kappa shape index (κ1) is 11.9. The SMILES string of the molecule is CCOC(=O)C1CCCN1C1CCCNC1. The number of carbonyl (C=O) groups is 1. The first-order valence-electron chi connectivity index (χ1n) is 6.46. The van der Waals surface area contributed by atoms with Gasteiger partial charge in [-0.2, -0.15) is 0 Å². The molecule has 2 unspecified atom stereocenters. The van der Waals surface area contributed by atoms with Crippen molar-refractivity contribution in [2.24, 2.45) is 0 Å². The van der Waals surface area contributed by atoms with Crippen LogP contribution in [0, 0.1) is 0 Å². The zero-order chi connectivity index (χ0) is 11.4. The van der Waals surface area contributed by atoms with Gasteiger partial charge in [-0.05, 0) is 45.7 Å². The molecular formula is C12H22N2O2. The van der Waals surface area contributed by atoms with Crippen LogP contribution in [0.5, 0.6) is 0 Å². The van der Waals surface area contributed by atoms with Crippen LogP contribution >= 0.6 is 0 Å².